The van der Waals surface area contributed by atoms with Crippen LogP contribution in [0, 0.1) is 0 Å². The van der Waals surface area contributed by atoms with Crippen LogP contribution in [0.25, 0.3) is 0 Å². The highest BCUT2D eigenvalue weighted by molar-refractivity contribution is 5.73. The predicted octanol–water partition coefficient (Wildman–Crippen LogP) is 5.37. The zero-order valence-corrected chi connectivity index (χ0v) is 37.0. The molecule has 0 aromatic heterocycles. The van der Waals surface area contributed by atoms with Gasteiger partial charge in [0.25, 0.3) is 0 Å². The second-order valence-electron chi connectivity index (χ2n) is 18.8. The molecule has 0 bridgehead atoms. The first-order valence-corrected chi connectivity index (χ1v) is 20.3. The SMILES string of the molecule is CCCCOc1ccc(C[C@H]2CN(CC(=O)OC(C)(C)C)CCN(CC(=O)OC(C)(C)C)CCN(CC(=O)OC(C)(C)C)CCN2CC(=O)OC(C)(C)C)cc1. The molecule has 56 heavy (non-hydrogen) atoms. The fraction of sp³-hybridized carbons (Fsp3) is 0.767. The van der Waals surface area contributed by atoms with Gasteiger partial charge >= 0.3 is 23.9 Å². The van der Waals surface area contributed by atoms with Crippen molar-refractivity contribution in [2.45, 2.75) is 138 Å². The number of ether oxygens (including phenoxy) is 5. The molecule has 1 fully saturated rings. The van der Waals surface area contributed by atoms with Crippen LogP contribution in [-0.2, 0) is 44.5 Å². The van der Waals surface area contributed by atoms with E-state index in [1.165, 1.54) is 0 Å². The van der Waals surface area contributed by atoms with Gasteiger partial charge in [0, 0.05) is 51.9 Å². The topological polar surface area (TPSA) is 127 Å². The predicted molar refractivity (Wildman–Crippen MR) is 219 cm³/mol. The summed E-state index contributed by atoms with van der Waals surface area (Å²) in [6.45, 7) is 27.9. The van der Waals surface area contributed by atoms with E-state index in [-0.39, 0.29) is 56.1 Å². The molecule has 13 nitrogen and oxygen atoms in total. The molecule has 1 saturated heterocycles. The number of benzene rings is 1. The summed E-state index contributed by atoms with van der Waals surface area (Å²) in [6, 6.07) is 7.75. The Morgan fingerprint density at radius 1 is 0.554 bits per heavy atom. The quantitative estimate of drug-likeness (QED) is 0.136. The number of hydrogen-bond acceptors (Lipinski definition) is 13. The average molecular weight is 791 g/mol. The van der Waals surface area contributed by atoms with Gasteiger partial charge in [0.15, 0.2) is 0 Å². The van der Waals surface area contributed by atoms with Gasteiger partial charge < -0.3 is 23.7 Å². The molecule has 320 valence electrons. The number of carbonyl (C=O) groups excluding carboxylic acids is 4. The fourth-order valence-corrected chi connectivity index (χ4v) is 6.15. The molecule has 0 aliphatic carbocycles. The lowest BCUT2D eigenvalue weighted by Crippen LogP contribution is -2.54. The second kappa shape index (κ2) is 22.0. The van der Waals surface area contributed by atoms with Crippen molar-refractivity contribution < 1.29 is 42.9 Å². The van der Waals surface area contributed by atoms with E-state index in [1.807, 2.05) is 122 Å². The molecule has 0 N–H and O–H groups in total. The van der Waals surface area contributed by atoms with Crippen LogP contribution >= 0.6 is 0 Å². The lowest BCUT2D eigenvalue weighted by Gasteiger charge is -2.39. The Bertz CT molecular complexity index is 1370. The van der Waals surface area contributed by atoms with Crippen molar-refractivity contribution in [3.05, 3.63) is 29.8 Å². The third-order valence-corrected chi connectivity index (χ3v) is 8.39. The third kappa shape index (κ3) is 22.5. The van der Waals surface area contributed by atoms with Gasteiger partial charge in [-0.3, -0.25) is 38.8 Å². The van der Waals surface area contributed by atoms with Gasteiger partial charge in [-0.05, 0) is 114 Å². The molecular weight excluding hydrogens is 716 g/mol. The highest BCUT2D eigenvalue weighted by Crippen LogP contribution is 2.19. The van der Waals surface area contributed by atoms with Gasteiger partial charge in [-0.1, -0.05) is 25.5 Å². The monoisotopic (exact) mass is 791 g/mol. The lowest BCUT2D eigenvalue weighted by atomic mass is 10.0. The number of nitrogens with zero attached hydrogens (tertiary/aromatic N) is 4. The molecule has 1 atom stereocenters. The van der Waals surface area contributed by atoms with E-state index >= 15 is 0 Å². The highest BCUT2D eigenvalue weighted by atomic mass is 16.6. The van der Waals surface area contributed by atoms with Gasteiger partial charge in [-0.25, -0.2) is 0 Å². The molecule has 0 saturated carbocycles. The van der Waals surface area contributed by atoms with E-state index in [9.17, 15) is 19.2 Å². The minimum atomic E-state index is -0.685. The van der Waals surface area contributed by atoms with Crippen molar-refractivity contribution in [3.63, 3.8) is 0 Å². The van der Waals surface area contributed by atoms with Crippen molar-refractivity contribution in [3.8, 4) is 5.75 Å². The Labute approximate surface area is 337 Å². The van der Waals surface area contributed by atoms with Gasteiger partial charge in [0.2, 0.25) is 0 Å². The molecule has 1 aromatic rings. The second-order valence-corrected chi connectivity index (χ2v) is 18.8. The number of esters is 4. The van der Waals surface area contributed by atoms with E-state index in [0.717, 1.165) is 24.2 Å². The minimum Gasteiger partial charge on any atom is -0.494 e. The summed E-state index contributed by atoms with van der Waals surface area (Å²) in [6.07, 6.45) is 2.56. The van der Waals surface area contributed by atoms with E-state index in [4.69, 9.17) is 23.7 Å². The zero-order chi connectivity index (χ0) is 42.3. The first-order valence-electron chi connectivity index (χ1n) is 20.3. The van der Waals surface area contributed by atoms with Crippen LogP contribution in [0.1, 0.15) is 108 Å². The maximum atomic E-state index is 13.5. The summed E-state index contributed by atoms with van der Waals surface area (Å²) in [4.78, 5) is 61.4. The molecule has 0 unspecified atom stereocenters. The average Bonchev–Trinajstić information content (AvgIpc) is 3.00. The molecule has 1 aromatic carbocycles. The molecule has 1 aliphatic rings. The fourth-order valence-electron chi connectivity index (χ4n) is 6.15. The van der Waals surface area contributed by atoms with Crippen LogP contribution in [0.5, 0.6) is 5.75 Å². The smallest absolute Gasteiger partial charge is 0.320 e. The zero-order valence-electron chi connectivity index (χ0n) is 37.0. The molecular formula is C43H74N4O9. The van der Waals surface area contributed by atoms with Crippen LogP contribution in [0.15, 0.2) is 24.3 Å². The Hall–Kier alpha value is -3.26. The molecule has 0 radical (unpaired) electrons. The van der Waals surface area contributed by atoms with E-state index in [2.05, 4.69) is 11.8 Å². The Balaban J connectivity index is 2.61. The normalized spacial score (nSPS) is 18.0. The maximum absolute atomic E-state index is 13.5. The van der Waals surface area contributed by atoms with Gasteiger partial charge in [-0.2, -0.15) is 0 Å². The van der Waals surface area contributed by atoms with Crippen LogP contribution in [0.4, 0.5) is 0 Å². The Morgan fingerprint density at radius 2 is 0.929 bits per heavy atom. The van der Waals surface area contributed by atoms with E-state index in [1.54, 1.807) is 0 Å². The van der Waals surface area contributed by atoms with Crippen molar-refractivity contribution >= 4 is 23.9 Å². The molecule has 0 amide bonds. The van der Waals surface area contributed by atoms with Crippen molar-refractivity contribution in [2.75, 3.05) is 78.6 Å². The Morgan fingerprint density at radius 3 is 1.34 bits per heavy atom. The van der Waals surface area contributed by atoms with Crippen LogP contribution < -0.4 is 4.74 Å². The number of carbonyl (C=O) groups is 4. The van der Waals surface area contributed by atoms with Crippen molar-refractivity contribution in [2.24, 2.45) is 0 Å². The van der Waals surface area contributed by atoms with Crippen molar-refractivity contribution in [1.82, 2.24) is 19.6 Å². The molecule has 13 heteroatoms. The largest absolute Gasteiger partial charge is 0.494 e. The summed E-state index contributed by atoms with van der Waals surface area (Å²) in [7, 11) is 0. The van der Waals surface area contributed by atoms with Gasteiger partial charge in [0.05, 0.1) is 32.8 Å². The van der Waals surface area contributed by atoms with Crippen LogP contribution in [0.2, 0.25) is 0 Å². The standard InChI is InChI=1S/C43H74N4O9/c1-14-15-26-52-35-18-16-33(17-19-35)27-34-28-46(31-38(50)55-42(8,9)10)23-22-44(29-36(48)53-40(2,3)4)20-21-45(30-37(49)54-41(5,6)7)24-25-47(34)32-39(51)56-43(11,12)13/h16-19,34H,14-15,20-32H2,1-13H3/t34-/m0/s1. The Kier molecular flexibility index (Phi) is 19.2. The van der Waals surface area contributed by atoms with E-state index < -0.39 is 22.4 Å². The van der Waals surface area contributed by atoms with E-state index in [0.29, 0.717) is 58.8 Å². The summed E-state index contributed by atoms with van der Waals surface area (Å²) >= 11 is 0. The first-order chi connectivity index (χ1) is 25.8. The number of hydrogen-bond donors (Lipinski definition) is 0. The molecule has 1 heterocycles. The van der Waals surface area contributed by atoms with Crippen LogP contribution in [-0.4, -0.2) is 151 Å². The maximum Gasteiger partial charge on any atom is 0.320 e. The number of rotatable bonds is 14. The van der Waals surface area contributed by atoms with Crippen molar-refractivity contribution in [1.29, 1.82) is 0 Å². The minimum absolute atomic E-state index is 0.00543. The third-order valence-electron chi connectivity index (χ3n) is 8.39. The van der Waals surface area contributed by atoms with Gasteiger partial charge in [0.1, 0.15) is 28.2 Å². The molecule has 2 rings (SSSR count). The summed E-state index contributed by atoms with van der Waals surface area (Å²) < 4.78 is 28.9. The summed E-state index contributed by atoms with van der Waals surface area (Å²) in [5.74, 6) is -0.650. The number of unbranched alkanes of at least 4 members (excludes halogenated alkanes) is 1. The lowest BCUT2D eigenvalue weighted by molar-refractivity contribution is -0.160. The van der Waals surface area contributed by atoms with Crippen LogP contribution in [0.3, 0.4) is 0 Å². The first kappa shape index (κ1) is 48.9. The summed E-state index contributed by atoms with van der Waals surface area (Å²) in [5.41, 5.74) is -1.63. The summed E-state index contributed by atoms with van der Waals surface area (Å²) in [5, 5.41) is 0. The highest BCUT2D eigenvalue weighted by Gasteiger charge is 2.31. The molecule has 0 spiro atoms. The molecule has 1 aliphatic heterocycles. The van der Waals surface area contributed by atoms with Gasteiger partial charge in [-0.15, -0.1) is 0 Å².